The number of nitrogens with zero attached hydrogens (tertiary/aromatic N) is 2. The molecule has 0 atom stereocenters. The van der Waals surface area contributed by atoms with Gasteiger partial charge in [-0.2, -0.15) is 0 Å². The van der Waals surface area contributed by atoms with Crippen LogP contribution >= 0.6 is 11.6 Å². The number of carbonyl (C=O) groups is 2. The van der Waals surface area contributed by atoms with E-state index in [0.29, 0.717) is 37.0 Å². The van der Waals surface area contributed by atoms with E-state index in [1.54, 1.807) is 12.0 Å². The normalized spacial score (nSPS) is 13.9. The second-order valence-corrected chi connectivity index (χ2v) is 7.38. The van der Waals surface area contributed by atoms with E-state index in [-0.39, 0.29) is 18.9 Å². The van der Waals surface area contributed by atoms with E-state index < -0.39 is 5.97 Å². The van der Waals surface area contributed by atoms with Gasteiger partial charge in [0.05, 0.1) is 24.2 Å². The number of hydrogen-bond acceptors (Lipinski definition) is 5. The van der Waals surface area contributed by atoms with Crippen LogP contribution in [0.4, 0.5) is 5.69 Å². The van der Waals surface area contributed by atoms with E-state index in [1.807, 2.05) is 49.4 Å². The van der Waals surface area contributed by atoms with Gasteiger partial charge in [-0.15, -0.1) is 0 Å². The summed E-state index contributed by atoms with van der Waals surface area (Å²) >= 11 is 6.25. The van der Waals surface area contributed by atoms with Gasteiger partial charge >= 0.3 is 5.97 Å². The molecule has 2 aromatic carbocycles. The van der Waals surface area contributed by atoms with E-state index >= 15 is 0 Å². The molecule has 1 heterocycles. The summed E-state index contributed by atoms with van der Waals surface area (Å²) in [7, 11) is 1.56. The van der Waals surface area contributed by atoms with Crippen LogP contribution < -0.4 is 9.64 Å². The van der Waals surface area contributed by atoms with Crippen molar-refractivity contribution in [2.45, 2.75) is 13.3 Å². The molecule has 0 bridgehead atoms. The molecule has 2 aromatic rings. The number of benzene rings is 2. The van der Waals surface area contributed by atoms with E-state index in [0.717, 1.165) is 16.8 Å². The van der Waals surface area contributed by atoms with Crippen molar-refractivity contribution in [1.29, 1.82) is 0 Å². The van der Waals surface area contributed by atoms with Gasteiger partial charge in [-0.05, 0) is 25.1 Å². The minimum atomic E-state index is -0.447. The van der Waals surface area contributed by atoms with Gasteiger partial charge in [0.1, 0.15) is 5.75 Å². The fourth-order valence-corrected chi connectivity index (χ4v) is 3.65. The Morgan fingerprint density at radius 2 is 1.79 bits per heavy atom. The Balaban J connectivity index is 1.47. The maximum absolute atomic E-state index is 12.4. The van der Waals surface area contributed by atoms with Crippen LogP contribution in [0, 0.1) is 6.92 Å². The van der Waals surface area contributed by atoms with Crippen molar-refractivity contribution in [3.05, 3.63) is 58.6 Å². The Morgan fingerprint density at radius 3 is 2.48 bits per heavy atom. The van der Waals surface area contributed by atoms with Crippen molar-refractivity contribution < 1.29 is 19.1 Å². The van der Waals surface area contributed by atoms with E-state index in [2.05, 4.69) is 4.90 Å². The highest BCUT2D eigenvalue weighted by Crippen LogP contribution is 2.26. The number of piperazine rings is 1. The van der Waals surface area contributed by atoms with Crippen molar-refractivity contribution in [2.24, 2.45) is 0 Å². The smallest absolute Gasteiger partial charge is 0.310 e. The zero-order valence-corrected chi connectivity index (χ0v) is 17.4. The summed E-state index contributed by atoms with van der Waals surface area (Å²) in [6.45, 7) is 4.19. The number of aryl methyl sites for hydroxylation is 1. The number of methoxy groups -OCH3 is 1. The first-order valence-electron chi connectivity index (χ1n) is 9.54. The Morgan fingerprint density at radius 1 is 1.07 bits per heavy atom. The first-order chi connectivity index (χ1) is 14.0. The second-order valence-electron chi connectivity index (χ2n) is 6.97. The number of hydrogen-bond donors (Lipinski definition) is 0. The summed E-state index contributed by atoms with van der Waals surface area (Å²) in [6, 6.07) is 13.3. The monoisotopic (exact) mass is 416 g/mol. The molecule has 0 spiro atoms. The molecule has 1 saturated heterocycles. The quantitative estimate of drug-likeness (QED) is 0.677. The third-order valence-corrected chi connectivity index (χ3v) is 5.27. The molecule has 6 nitrogen and oxygen atoms in total. The summed E-state index contributed by atoms with van der Waals surface area (Å²) < 4.78 is 10.5. The van der Waals surface area contributed by atoms with Crippen molar-refractivity contribution in [3.8, 4) is 5.75 Å². The van der Waals surface area contributed by atoms with Crippen molar-refractivity contribution in [2.75, 3.05) is 44.8 Å². The highest BCUT2D eigenvalue weighted by Gasteiger charge is 2.23. The fraction of sp³-hybridized carbons (Fsp3) is 0.364. The lowest BCUT2D eigenvalue weighted by molar-refractivity contribution is -0.151. The predicted molar refractivity (Wildman–Crippen MR) is 113 cm³/mol. The lowest BCUT2D eigenvalue weighted by Gasteiger charge is -2.36. The zero-order chi connectivity index (χ0) is 20.8. The average molecular weight is 417 g/mol. The topological polar surface area (TPSA) is 59.1 Å². The van der Waals surface area contributed by atoms with Gasteiger partial charge in [-0.25, -0.2) is 0 Å². The van der Waals surface area contributed by atoms with Crippen molar-refractivity contribution >= 4 is 29.2 Å². The minimum Gasteiger partial charge on any atom is -0.496 e. The van der Waals surface area contributed by atoms with Crippen LogP contribution in [0.15, 0.2) is 42.5 Å². The van der Waals surface area contributed by atoms with E-state index in [4.69, 9.17) is 21.1 Å². The average Bonchev–Trinajstić information content (AvgIpc) is 2.73. The van der Waals surface area contributed by atoms with Gasteiger partial charge in [-0.1, -0.05) is 41.4 Å². The molecular weight excluding hydrogens is 392 g/mol. The number of anilines is 1. The molecule has 0 radical (unpaired) electrons. The fourth-order valence-electron chi connectivity index (χ4n) is 3.39. The lowest BCUT2D eigenvalue weighted by atomic mass is 10.1. The Bertz CT molecular complexity index is 879. The van der Waals surface area contributed by atoms with Crippen LogP contribution in [-0.4, -0.2) is 56.7 Å². The Hall–Kier alpha value is -2.73. The second kappa shape index (κ2) is 9.65. The highest BCUT2D eigenvalue weighted by molar-refractivity contribution is 6.33. The van der Waals surface area contributed by atoms with Crippen LogP contribution in [-0.2, 0) is 20.7 Å². The van der Waals surface area contributed by atoms with Gasteiger partial charge in [0.2, 0.25) is 0 Å². The molecule has 0 unspecified atom stereocenters. The van der Waals surface area contributed by atoms with E-state index in [9.17, 15) is 9.59 Å². The largest absolute Gasteiger partial charge is 0.496 e. The molecule has 154 valence electrons. The summed E-state index contributed by atoms with van der Waals surface area (Å²) in [5, 5.41) is 0.702. The Labute approximate surface area is 176 Å². The molecule has 1 aliphatic heterocycles. The number of para-hydroxylation sites is 1. The van der Waals surface area contributed by atoms with Crippen LogP contribution in [0.1, 0.15) is 11.1 Å². The van der Waals surface area contributed by atoms with Gasteiger partial charge in [0.25, 0.3) is 5.91 Å². The van der Waals surface area contributed by atoms with Gasteiger partial charge in [-0.3, -0.25) is 9.59 Å². The summed E-state index contributed by atoms with van der Waals surface area (Å²) in [5.41, 5.74) is 2.75. The number of rotatable bonds is 6. The third kappa shape index (κ3) is 5.41. The SMILES string of the molecule is COc1ccc(C)cc1CC(=O)OCC(=O)N1CCN(c2ccccc2Cl)CC1. The number of ether oxygens (including phenoxy) is 2. The third-order valence-electron chi connectivity index (χ3n) is 4.95. The minimum absolute atomic E-state index is 0.0679. The predicted octanol–water partition coefficient (Wildman–Crippen LogP) is 3.09. The van der Waals surface area contributed by atoms with E-state index in [1.165, 1.54) is 0 Å². The summed E-state index contributed by atoms with van der Waals surface area (Å²) in [5.74, 6) is -0.000101. The molecule has 0 aliphatic carbocycles. The van der Waals surface area contributed by atoms with Crippen molar-refractivity contribution in [3.63, 3.8) is 0 Å². The number of carbonyl (C=O) groups excluding carboxylic acids is 2. The van der Waals surface area contributed by atoms with Crippen LogP contribution in [0.3, 0.4) is 0 Å². The Kier molecular flexibility index (Phi) is 6.99. The summed E-state index contributed by atoms with van der Waals surface area (Å²) in [4.78, 5) is 28.5. The molecule has 1 amide bonds. The molecule has 1 aliphatic rings. The van der Waals surface area contributed by atoms with Crippen LogP contribution in [0.2, 0.25) is 5.02 Å². The molecular formula is C22H25ClN2O4. The zero-order valence-electron chi connectivity index (χ0n) is 16.7. The van der Waals surface area contributed by atoms with Gasteiger partial charge in [0, 0.05) is 31.7 Å². The number of halogens is 1. The molecule has 3 rings (SSSR count). The first-order valence-corrected chi connectivity index (χ1v) is 9.92. The first kappa shape index (κ1) is 21.0. The maximum atomic E-state index is 12.4. The standard InChI is InChI=1S/C22H25ClN2O4/c1-16-7-8-20(28-2)17(13-16)14-22(27)29-15-21(26)25-11-9-24(10-12-25)19-6-4-3-5-18(19)23/h3-8,13H,9-12,14-15H2,1-2H3. The van der Waals surface area contributed by atoms with Crippen LogP contribution in [0.25, 0.3) is 0 Å². The van der Waals surface area contributed by atoms with Gasteiger partial charge in [0.15, 0.2) is 6.61 Å². The maximum Gasteiger partial charge on any atom is 0.310 e. The molecule has 0 saturated carbocycles. The lowest BCUT2D eigenvalue weighted by Crippen LogP contribution is -2.50. The van der Waals surface area contributed by atoms with Crippen LogP contribution in [0.5, 0.6) is 5.75 Å². The summed E-state index contributed by atoms with van der Waals surface area (Å²) in [6.07, 6.45) is 0.0679. The molecule has 1 fully saturated rings. The highest BCUT2D eigenvalue weighted by atomic mass is 35.5. The van der Waals surface area contributed by atoms with Crippen molar-refractivity contribution in [1.82, 2.24) is 4.90 Å². The molecule has 0 aromatic heterocycles. The number of esters is 1. The molecule has 29 heavy (non-hydrogen) atoms. The molecule has 7 heteroatoms. The van der Waals surface area contributed by atoms with Gasteiger partial charge < -0.3 is 19.3 Å². The number of amides is 1. The molecule has 0 N–H and O–H groups in total.